The molecule has 0 aliphatic rings. The van der Waals surface area contributed by atoms with Crippen molar-refractivity contribution >= 4 is 17.9 Å². The molecule has 0 aliphatic carbocycles. The van der Waals surface area contributed by atoms with Gasteiger partial charge in [-0.05, 0) is 83.5 Å². The largest absolute Gasteiger partial charge is 0.462 e. The first-order chi connectivity index (χ1) is 39.5. The van der Waals surface area contributed by atoms with E-state index in [1.165, 1.54) is 180 Å². The van der Waals surface area contributed by atoms with E-state index in [2.05, 4.69) is 118 Å². The van der Waals surface area contributed by atoms with E-state index in [9.17, 15) is 14.4 Å². The smallest absolute Gasteiger partial charge is 0.306 e. The summed E-state index contributed by atoms with van der Waals surface area (Å²) >= 11 is 0. The van der Waals surface area contributed by atoms with Gasteiger partial charge in [0.25, 0.3) is 0 Å². The third-order valence-corrected chi connectivity index (χ3v) is 14.9. The standard InChI is InChI=1S/C74H128O6/c1-4-7-10-13-15-17-19-21-23-25-27-29-31-32-33-34-35-36-37-38-39-40-41-42-43-45-46-48-50-52-54-56-58-61-64-67-73(76)79-70-71(69-78-72(75)66-63-60-12-9-6-3)80-74(77)68-65-62-59-57-55-53-51-49-47-44-30-28-26-24-22-20-18-16-14-11-8-5-2/h7,10,15,17,21,23,27,29,32-33,35-36,38-39,41-42,71H,4-6,8-9,11-14,16,18-20,22,24-26,28,30-31,34,37,40,43-70H2,1-3H3/b10-7-,17-15-,23-21-,29-27-,33-32-,36-35-,39-38-,42-41-. The Morgan fingerprint density at radius 3 is 0.762 bits per heavy atom. The molecule has 0 N–H and O–H groups in total. The van der Waals surface area contributed by atoms with Gasteiger partial charge in [-0.2, -0.15) is 0 Å². The summed E-state index contributed by atoms with van der Waals surface area (Å²) in [6, 6.07) is 0. The van der Waals surface area contributed by atoms with Crippen molar-refractivity contribution in [3.8, 4) is 0 Å². The lowest BCUT2D eigenvalue weighted by atomic mass is 10.0. The Kier molecular flexibility index (Phi) is 64.7. The minimum absolute atomic E-state index is 0.0751. The molecule has 6 nitrogen and oxygen atoms in total. The van der Waals surface area contributed by atoms with Gasteiger partial charge in [0.05, 0.1) is 0 Å². The summed E-state index contributed by atoms with van der Waals surface area (Å²) in [5.41, 5.74) is 0. The highest BCUT2D eigenvalue weighted by Gasteiger charge is 2.19. The van der Waals surface area contributed by atoms with Gasteiger partial charge in [-0.1, -0.05) is 330 Å². The molecule has 0 rings (SSSR count). The van der Waals surface area contributed by atoms with E-state index in [-0.39, 0.29) is 31.1 Å². The molecule has 0 heterocycles. The summed E-state index contributed by atoms with van der Waals surface area (Å²) in [6.07, 6.45) is 92.0. The van der Waals surface area contributed by atoms with Crippen LogP contribution in [0, 0.1) is 0 Å². The Hall–Kier alpha value is -3.67. The average Bonchev–Trinajstić information content (AvgIpc) is 3.46. The SMILES string of the molecule is CC/C=C\C/C=C\C/C=C\C/C=C\C/C=C\C/C=C\C/C=C\C/C=C\CCCCCCCCCCCCC(=O)OCC(COC(=O)CCCCCCC)OC(=O)CCCCCCCCCCCCCCCCCCCCCCCC. The number of carbonyl (C=O) groups excluding carboxylic acids is 3. The van der Waals surface area contributed by atoms with Gasteiger partial charge in [-0.25, -0.2) is 0 Å². The molecule has 0 aromatic heterocycles. The minimum atomic E-state index is -0.773. The van der Waals surface area contributed by atoms with Gasteiger partial charge in [0, 0.05) is 19.3 Å². The lowest BCUT2D eigenvalue weighted by Crippen LogP contribution is -2.30. The number of carbonyl (C=O) groups is 3. The topological polar surface area (TPSA) is 78.9 Å². The molecule has 6 heteroatoms. The van der Waals surface area contributed by atoms with Crippen molar-refractivity contribution < 1.29 is 28.6 Å². The van der Waals surface area contributed by atoms with Crippen LogP contribution in [-0.2, 0) is 28.6 Å². The van der Waals surface area contributed by atoms with Crippen LogP contribution in [0.15, 0.2) is 97.2 Å². The van der Waals surface area contributed by atoms with Crippen molar-refractivity contribution in [2.75, 3.05) is 13.2 Å². The second-order valence-electron chi connectivity index (χ2n) is 22.7. The molecule has 460 valence electrons. The van der Waals surface area contributed by atoms with Crippen LogP contribution in [0.4, 0.5) is 0 Å². The van der Waals surface area contributed by atoms with Gasteiger partial charge in [-0.15, -0.1) is 0 Å². The Labute approximate surface area is 496 Å². The van der Waals surface area contributed by atoms with Crippen LogP contribution >= 0.6 is 0 Å². The number of allylic oxidation sites excluding steroid dienone is 16. The molecular formula is C74H128O6. The van der Waals surface area contributed by atoms with Crippen LogP contribution in [0.1, 0.15) is 335 Å². The minimum Gasteiger partial charge on any atom is -0.462 e. The Morgan fingerprint density at radius 1 is 0.263 bits per heavy atom. The summed E-state index contributed by atoms with van der Waals surface area (Å²) in [6.45, 7) is 6.48. The number of hydrogen-bond acceptors (Lipinski definition) is 6. The zero-order valence-electron chi connectivity index (χ0n) is 52.8. The van der Waals surface area contributed by atoms with Gasteiger partial charge < -0.3 is 14.2 Å². The molecule has 0 radical (unpaired) electrons. The fraction of sp³-hybridized carbons (Fsp3) is 0.743. The van der Waals surface area contributed by atoms with E-state index in [0.717, 1.165) is 116 Å². The third kappa shape index (κ3) is 65.1. The predicted octanol–water partition coefficient (Wildman–Crippen LogP) is 23.6. The number of hydrogen-bond donors (Lipinski definition) is 0. The first-order valence-electron chi connectivity index (χ1n) is 34.2. The first-order valence-corrected chi connectivity index (χ1v) is 34.2. The quantitative estimate of drug-likeness (QED) is 0.0261. The number of unbranched alkanes of at least 4 members (excludes halogenated alkanes) is 35. The Balaban J connectivity index is 4.00. The Morgan fingerprint density at radius 2 is 0.487 bits per heavy atom. The lowest BCUT2D eigenvalue weighted by Gasteiger charge is -2.18. The summed E-state index contributed by atoms with van der Waals surface area (Å²) in [7, 11) is 0. The molecule has 0 aliphatic heterocycles. The molecule has 0 aromatic rings. The van der Waals surface area contributed by atoms with Crippen LogP contribution in [-0.4, -0.2) is 37.2 Å². The van der Waals surface area contributed by atoms with Gasteiger partial charge >= 0.3 is 17.9 Å². The highest BCUT2D eigenvalue weighted by atomic mass is 16.6. The number of rotatable bonds is 62. The fourth-order valence-corrected chi connectivity index (χ4v) is 9.76. The van der Waals surface area contributed by atoms with Gasteiger partial charge in [-0.3, -0.25) is 14.4 Å². The molecular weight excluding hydrogens is 985 g/mol. The molecule has 0 spiro atoms. The maximum absolute atomic E-state index is 12.8. The highest BCUT2D eigenvalue weighted by Crippen LogP contribution is 2.17. The predicted molar refractivity (Wildman–Crippen MR) is 348 cm³/mol. The van der Waals surface area contributed by atoms with Crippen molar-refractivity contribution in [2.45, 2.75) is 341 Å². The van der Waals surface area contributed by atoms with Crippen LogP contribution in [0.2, 0.25) is 0 Å². The van der Waals surface area contributed by atoms with Gasteiger partial charge in [0.15, 0.2) is 6.10 Å². The van der Waals surface area contributed by atoms with E-state index in [0.29, 0.717) is 19.3 Å². The molecule has 80 heavy (non-hydrogen) atoms. The van der Waals surface area contributed by atoms with Gasteiger partial charge in [0.1, 0.15) is 13.2 Å². The second-order valence-corrected chi connectivity index (χ2v) is 22.7. The zero-order chi connectivity index (χ0) is 57.8. The van der Waals surface area contributed by atoms with Crippen molar-refractivity contribution in [1.82, 2.24) is 0 Å². The van der Waals surface area contributed by atoms with Crippen LogP contribution in [0.25, 0.3) is 0 Å². The molecule has 0 saturated heterocycles. The van der Waals surface area contributed by atoms with E-state index in [4.69, 9.17) is 14.2 Å². The molecule has 0 amide bonds. The summed E-state index contributed by atoms with van der Waals surface area (Å²) in [5, 5.41) is 0. The third-order valence-electron chi connectivity index (χ3n) is 14.9. The fourth-order valence-electron chi connectivity index (χ4n) is 9.76. The average molecular weight is 1110 g/mol. The van der Waals surface area contributed by atoms with E-state index in [1.54, 1.807) is 0 Å². The van der Waals surface area contributed by atoms with Crippen molar-refractivity contribution in [2.24, 2.45) is 0 Å². The van der Waals surface area contributed by atoms with Crippen molar-refractivity contribution in [3.05, 3.63) is 97.2 Å². The molecule has 1 atom stereocenters. The van der Waals surface area contributed by atoms with Crippen molar-refractivity contribution in [3.63, 3.8) is 0 Å². The molecule has 0 bridgehead atoms. The van der Waals surface area contributed by atoms with Crippen molar-refractivity contribution in [1.29, 1.82) is 0 Å². The van der Waals surface area contributed by atoms with E-state index < -0.39 is 6.10 Å². The monoisotopic (exact) mass is 1110 g/mol. The summed E-state index contributed by atoms with van der Waals surface area (Å²) in [5.74, 6) is -0.879. The van der Waals surface area contributed by atoms with Crippen LogP contribution in [0.3, 0.4) is 0 Å². The maximum Gasteiger partial charge on any atom is 0.306 e. The summed E-state index contributed by atoms with van der Waals surface area (Å²) in [4.78, 5) is 38.0. The Bertz CT molecular complexity index is 1560. The maximum atomic E-state index is 12.8. The lowest BCUT2D eigenvalue weighted by molar-refractivity contribution is -0.167. The normalized spacial score (nSPS) is 12.7. The molecule has 0 saturated carbocycles. The van der Waals surface area contributed by atoms with Crippen LogP contribution in [0.5, 0.6) is 0 Å². The molecule has 0 aromatic carbocycles. The first kappa shape index (κ1) is 76.3. The highest BCUT2D eigenvalue weighted by molar-refractivity contribution is 5.71. The zero-order valence-corrected chi connectivity index (χ0v) is 52.8. The van der Waals surface area contributed by atoms with Gasteiger partial charge in [0.2, 0.25) is 0 Å². The summed E-state index contributed by atoms with van der Waals surface area (Å²) < 4.78 is 16.8. The number of ether oxygens (including phenoxy) is 3. The number of esters is 3. The van der Waals surface area contributed by atoms with E-state index >= 15 is 0 Å². The molecule has 1 unspecified atom stereocenters. The van der Waals surface area contributed by atoms with Crippen LogP contribution < -0.4 is 0 Å². The van der Waals surface area contributed by atoms with E-state index in [1.807, 2.05) is 0 Å². The second kappa shape index (κ2) is 67.8. The molecule has 0 fully saturated rings.